The second-order valence-corrected chi connectivity index (χ2v) is 5.59. The second-order valence-electron chi connectivity index (χ2n) is 5.16. The van der Waals surface area contributed by atoms with Crippen LogP contribution in [-0.2, 0) is 11.3 Å². The minimum absolute atomic E-state index is 0.0390. The van der Waals surface area contributed by atoms with E-state index in [1.54, 1.807) is 24.3 Å². The highest BCUT2D eigenvalue weighted by Crippen LogP contribution is 2.20. The molecular formula is C15H14ClFN2O3. The van der Waals surface area contributed by atoms with Crippen LogP contribution in [0.25, 0.3) is 0 Å². The third-order valence-electron chi connectivity index (χ3n) is 3.60. The van der Waals surface area contributed by atoms with Crippen molar-refractivity contribution >= 4 is 11.6 Å². The van der Waals surface area contributed by atoms with Gasteiger partial charge in [-0.2, -0.15) is 4.39 Å². The maximum absolute atomic E-state index is 13.9. The molecule has 3 rings (SSSR count). The zero-order valence-electron chi connectivity index (χ0n) is 11.7. The van der Waals surface area contributed by atoms with E-state index in [4.69, 9.17) is 16.3 Å². The first-order chi connectivity index (χ1) is 10.6. The first-order valence-corrected chi connectivity index (χ1v) is 7.31. The summed E-state index contributed by atoms with van der Waals surface area (Å²) in [6.45, 7) is 0.481. The summed E-state index contributed by atoms with van der Waals surface area (Å²) >= 11 is 5.89. The van der Waals surface area contributed by atoms with E-state index in [2.05, 4.69) is 0 Å². The summed E-state index contributed by atoms with van der Waals surface area (Å²) in [5.41, 5.74) is -0.881. The average molecular weight is 325 g/mol. The highest BCUT2D eigenvalue weighted by molar-refractivity contribution is 6.30. The molecule has 5 nitrogen and oxygen atoms in total. The van der Waals surface area contributed by atoms with Gasteiger partial charge in [-0.1, -0.05) is 23.7 Å². The summed E-state index contributed by atoms with van der Waals surface area (Å²) in [6, 6.07) is 6.75. The molecular weight excluding hydrogens is 311 g/mol. The third-order valence-corrected chi connectivity index (χ3v) is 3.83. The lowest BCUT2D eigenvalue weighted by atomic mass is 10.2. The van der Waals surface area contributed by atoms with Gasteiger partial charge in [-0.3, -0.25) is 13.9 Å². The van der Waals surface area contributed by atoms with Gasteiger partial charge < -0.3 is 4.74 Å². The predicted molar refractivity (Wildman–Crippen MR) is 79.7 cm³/mol. The molecule has 0 saturated carbocycles. The van der Waals surface area contributed by atoms with Crippen molar-refractivity contribution in [2.75, 3.05) is 6.61 Å². The summed E-state index contributed by atoms with van der Waals surface area (Å²) < 4.78 is 21.3. The van der Waals surface area contributed by atoms with Gasteiger partial charge in [0.05, 0.1) is 12.7 Å². The van der Waals surface area contributed by atoms with Gasteiger partial charge in [0, 0.05) is 11.6 Å². The second kappa shape index (κ2) is 6.06. The number of ether oxygens (including phenoxy) is 1. The summed E-state index contributed by atoms with van der Waals surface area (Å²) in [7, 11) is 0. The number of hydrogen-bond acceptors (Lipinski definition) is 3. The van der Waals surface area contributed by atoms with Gasteiger partial charge in [-0.15, -0.1) is 0 Å². The highest BCUT2D eigenvalue weighted by atomic mass is 35.5. The lowest BCUT2D eigenvalue weighted by Crippen LogP contribution is -2.42. The molecule has 0 amide bonds. The summed E-state index contributed by atoms with van der Waals surface area (Å²) in [5.74, 6) is -0.975. The molecule has 1 atom stereocenters. The Morgan fingerprint density at radius 1 is 1.36 bits per heavy atom. The molecule has 1 unspecified atom stereocenters. The maximum Gasteiger partial charge on any atom is 0.333 e. The topological polar surface area (TPSA) is 53.2 Å². The minimum atomic E-state index is -0.975. The Morgan fingerprint density at radius 3 is 2.86 bits per heavy atom. The van der Waals surface area contributed by atoms with Gasteiger partial charge in [-0.25, -0.2) is 4.79 Å². The van der Waals surface area contributed by atoms with E-state index in [1.165, 1.54) is 0 Å². The number of nitrogens with zero attached hydrogens (tertiary/aromatic N) is 2. The van der Waals surface area contributed by atoms with Crippen molar-refractivity contribution in [1.29, 1.82) is 0 Å². The molecule has 2 aromatic rings. The van der Waals surface area contributed by atoms with Crippen LogP contribution in [0.1, 0.15) is 24.6 Å². The Kier molecular flexibility index (Phi) is 4.13. The molecule has 0 bridgehead atoms. The Bertz CT molecular complexity index is 809. The lowest BCUT2D eigenvalue weighted by Gasteiger charge is -2.15. The van der Waals surface area contributed by atoms with Crippen LogP contribution in [0.2, 0.25) is 5.02 Å². The SMILES string of the molecule is O=c1c(F)cn(C2CCCO2)c(=O)n1Cc1cccc(Cl)c1. The van der Waals surface area contributed by atoms with Crippen LogP contribution < -0.4 is 11.2 Å². The van der Waals surface area contributed by atoms with E-state index in [0.29, 0.717) is 23.6 Å². The zero-order valence-corrected chi connectivity index (χ0v) is 12.4. The molecule has 116 valence electrons. The molecule has 1 aromatic carbocycles. The fourth-order valence-electron chi connectivity index (χ4n) is 2.53. The summed E-state index contributed by atoms with van der Waals surface area (Å²) in [4.78, 5) is 24.4. The van der Waals surface area contributed by atoms with Crippen molar-refractivity contribution < 1.29 is 9.13 Å². The predicted octanol–water partition coefficient (Wildman–Crippen LogP) is 2.16. The summed E-state index contributed by atoms with van der Waals surface area (Å²) in [5, 5.41) is 0.487. The number of benzene rings is 1. The van der Waals surface area contributed by atoms with Crippen LogP contribution in [0.15, 0.2) is 40.1 Å². The Morgan fingerprint density at radius 2 is 2.18 bits per heavy atom. The van der Waals surface area contributed by atoms with Crippen molar-refractivity contribution in [2.24, 2.45) is 0 Å². The van der Waals surface area contributed by atoms with Crippen LogP contribution in [0.3, 0.4) is 0 Å². The molecule has 1 aliphatic heterocycles. The smallest absolute Gasteiger partial charge is 0.333 e. The van der Waals surface area contributed by atoms with Gasteiger partial charge in [0.2, 0.25) is 5.82 Å². The van der Waals surface area contributed by atoms with Crippen LogP contribution >= 0.6 is 11.6 Å². The van der Waals surface area contributed by atoms with Gasteiger partial charge in [0.15, 0.2) is 0 Å². The molecule has 0 spiro atoms. The molecule has 2 heterocycles. The largest absolute Gasteiger partial charge is 0.358 e. The van der Waals surface area contributed by atoms with Crippen molar-refractivity contribution in [3.8, 4) is 0 Å². The Labute approximate surface area is 130 Å². The van der Waals surface area contributed by atoms with Crippen molar-refractivity contribution in [3.05, 3.63) is 67.7 Å². The molecule has 7 heteroatoms. The van der Waals surface area contributed by atoms with Crippen molar-refractivity contribution in [3.63, 3.8) is 0 Å². The van der Waals surface area contributed by atoms with Gasteiger partial charge in [0.25, 0.3) is 5.56 Å². The summed E-state index contributed by atoms with van der Waals surface area (Å²) in [6.07, 6.45) is 1.82. The molecule has 0 aliphatic carbocycles. The van der Waals surface area contributed by atoms with Crippen molar-refractivity contribution in [2.45, 2.75) is 25.6 Å². The molecule has 1 aromatic heterocycles. The van der Waals surface area contributed by atoms with E-state index in [0.717, 1.165) is 21.8 Å². The molecule has 1 saturated heterocycles. The molecule has 1 aliphatic rings. The van der Waals surface area contributed by atoms with Crippen LogP contribution in [0.4, 0.5) is 4.39 Å². The van der Waals surface area contributed by atoms with E-state index in [-0.39, 0.29) is 6.54 Å². The van der Waals surface area contributed by atoms with E-state index >= 15 is 0 Å². The fraction of sp³-hybridized carbons (Fsp3) is 0.333. The number of hydrogen-bond donors (Lipinski definition) is 0. The first-order valence-electron chi connectivity index (χ1n) is 6.94. The molecule has 0 N–H and O–H groups in total. The highest BCUT2D eigenvalue weighted by Gasteiger charge is 2.22. The molecule has 22 heavy (non-hydrogen) atoms. The Hall–Kier alpha value is -1.92. The number of rotatable bonds is 3. The van der Waals surface area contributed by atoms with E-state index in [1.807, 2.05) is 0 Å². The van der Waals surface area contributed by atoms with E-state index < -0.39 is 23.3 Å². The molecule has 0 radical (unpaired) electrons. The van der Waals surface area contributed by atoms with Gasteiger partial charge in [-0.05, 0) is 30.5 Å². The number of aromatic nitrogens is 2. The van der Waals surface area contributed by atoms with Gasteiger partial charge >= 0.3 is 5.69 Å². The standard InChI is InChI=1S/C15H14ClFN2O3/c16-11-4-1-3-10(7-11)8-19-14(20)12(17)9-18(15(19)21)13-5-2-6-22-13/h1,3-4,7,9,13H,2,5-6,8H2. The zero-order chi connectivity index (χ0) is 15.7. The fourth-order valence-corrected chi connectivity index (χ4v) is 2.74. The normalized spacial score (nSPS) is 17.8. The first kappa shape index (κ1) is 15.0. The quantitative estimate of drug-likeness (QED) is 0.869. The van der Waals surface area contributed by atoms with Crippen LogP contribution in [0, 0.1) is 5.82 Å². The lowest BCUT2D eigenvalue weighted by molar-refractivity contribution is 0.0504. The van der Waals surface area contributed by atoms with E-state index in [9.17, 15) is 14.0 Å². The average Bonchev–Trinajstić information content (AvgIpc) is 3.01. The van der Waals surface area contributed by atoms with Crippen molar-refractivity contribution in [1.82, 2.24) is 9.13 Å². The van der Waals surface area contributed by atoms with Gasteiger partial charge in [0.1, 0.15) is 6.23 Å². The minimum Gasteiger partial charge on any atom is -0.358 e. The van der Waals surface area contributed by atoms with Crippen LogP contribution in [-0.4, -0.2) is 15.7 Å². The maximum atomic E-state index is 13.9. The van der Waals surface area contributed by atoms with Crippen LogP contribution in [0.5, 0.6) is 0 Å². The monoisotopic (exact) mass is 324 g/mol. The third kappa shape index (κ3) is 2.84. The molecule has 1 fully saturated rings. The Balaban J connectivity index is 2.06. The number of halogens is 2.